The van der Waals surface area contributed by atoms with Gasteiger partial charge in [0.1, 0.15) is 12.7 Å². The summed E-state index contributed by atoms with van der Waals surface area (Å²) in [6.07, 6.45) is 1.46. The number of primary amides is 1. The van der Waals surface area contributed by atoms with Crippen LogP contribution in [0.1, 0.15) is 24.2 Å². The fourth-order valence-corrected chi connectivity index (χ4v) is 1.98. The minimum Gasteiger partial charge on any atom is -0.475 e. The van der Waals surface area contributed by atoms with Gasteiger partial charge in [-0.1, -0.05) is 0 Å². The third-order valence-electron chi connectivity index (χ3n) is 2.84. The molecule has 1 aliphatic heterocycles. The molecule has 6 heteroatoms. The highest BCUT2D eigenvalue weighted by atomic mass is 16.6. The van der Waals surface area contributed by atoms with E-state index in [1.807, 2.05) is 13.8 Å². The van der Waals surface area contributed by atoms with Crippen LogP contribution in [0.2, 0.25) is 0 Å². The number of nitrogens with two attached hydrogens (primary N) is 1. The number of carbonyl (C=O) groups is 1. The molecule has 2 rings (SSSR count). The molecule has 1 aliphatic rings. The van der Waals surface area contributed by atoms with Gasteiger partial charge in [0.2, 0.25) is 11.8 Å². The molecule has 0 aromatic carbocycles. The highest BCUT2D eigenvalue weighted by Crippen LogP contribution is 2.16. The minimum absolute atomic E-state index is 0.0391. The summed E-state index contributed by atoms with van der Waals surface area (Å²) in [5.74, 6) is -0.118. The third-order valence-corrected chi connectivity index (χ3v) is 2.84. The summed E-state index contributed by atoms with van der Waals surface area (Å²) in [5, 5.41) is 3.29. The van der Waals surface area contributed by atoms with E-state index < -0.39 is 5.91 Å². The highest BCUT2D eigenvalue weighted by molar-refractivity contribution is 5.92. The molecule has 19 heavy (non-hydrogen) atoms. The lowest BCUT2D eigenvalue weighted by Gasteiger charge is -2.36. The number of morpholine rings is 1. The van der Waals surface area contributed by atoms with E-state index in [-0.39, 0.29) is 11.7 Å². The summed E-state index contributed by atoms with van der Waals surface area (Å²) < 4.78 is 11.4. The van der Waals surface area contributed by atoms with Crippen LogP contribution in [-0.2, 0) is 4.74 Å². The van der Waals surface area contributed by atoms with Crippen LogP contribution in [0.3, 0.4) is 0 Å². The van der Waals surface area contributed by atoms with Crippen LogP contribution in [0.4, 0.5) is 0 Å². The molecule has 0 saturated carbocycles. The van der Waals surface area contributed by atoms with Crippen molar-refractivity contribution in [1.82, 2.24) is 10.3 Å². The van der Waals surface area contributed by atoms with Crippen molar-refractivity contribution >= 4 is 5.91 Å². The van der Waals surface area contributed by atoms with Crippen molar-refractivity contribution in [2.45, 2.75) is 25.6 Å². The average molecular weight is 265 g/mol. The second-order valence-corrected chi connectivity index (χ2v) is 5.19. The molecule has 1 unspecified atom stereocenters. The van der Waals surface area contributed by atoms with E-state index in [4.69, 9.17) is 15.2 Å². The summed E-state index contributed by atoms with van der Waals surface area (Å²) in [6.45, 7) is 5.99. The fraction of sp³-hybridized carbons (Fsp3) is 0.538. The lowest BCUT2D eigenvalue weighted by Crippen LogP contribution is -2.52. The van der Waals surface area contributed by atoms with E-state index in [1.165, 1.54) is 12.3 Å². The molecule has 1 atom stereocenters. The highest BCUT2D eigenvalue weighted by Gasteiger charge is 2.28. The van der Waals surface area contributed by atoms with Crippen LogP contribution in [0.15, 0.2) is 18.3 Å². The SMILES string of the molecule is CC1(C)CNCC(COc2cc(C(N)=O)ccn2)O1. The first-order valence-electron chi connectivity index (χ1n) is 6.23. The Labute approximate surface area is 112 Å². The van der Waals surface area contributed by atoms with Gasteiger partial charge in [0.15, 0.2) is 0 Å². The summed E-state index contributed by atoms with van der Waals surface area (Å²) in [7, 11) is 0. The molecule has 104 valence electrons. The number of nitrogens with one attached hydrogen (secondary N) is 1. The second-order valence-electron chi connectivity index (χ2n) is 5.19. The van der Waals surface area contributed by atoms with Crippen molar-refractivity contribution in [2.75, 3.05) is 19.7 Å². The molecule has 3 N–H and O–H groups in total. The van der Waals surface area contributed by atoms with Crippen LogP contribution in [0.5, 0.6) is 5.88 Å². The molecular formula is C13H19N3O3. The number of carbonyl (C=O) groups excluding carboxylic acids is 1. The van der Waals surface area contributed by atoms with Gasteiger partial charge in [-0.15, -0.1) is 0 Å². The topological polar surface area (TPSA) is 86.5 Å². The van der Waals surface area contributed by atoms with E-state index in [9.17, 15) is 4.79 Å². The minimum atomic E-state index is -0.496. The molecule has 0 radical (unpaired) electrons. The quantitative estimate of drug-likeness (QED) is 0.819. The van der Waals surface area contributed by atoms with Gasteiger partial charge in [-0.3, -0.25) is 4.79 Å². The largest absolute Gasteiger partial charge is 0.475 e. The van der Waals surface area contributed by atoms with Crippen LogP contribution < -0.4 is 15.8 Å². The van der Waals surface area contributed by atoms with Crippen molar-refractivity contribution in [3.05, 3.63) is 23.9 Å². The zero-order valence-electron chi connectivity index (χ0n) is 11.2. The summed E-state index contributed by atoms with van der Waals surface area (Å²) in [5.41, 5.74) is 5.38. The Morgan fingerprint density at radius 1 is 1.68 bits per heavy atom. The van der Waals surface area contributed by atoms with Crippen LogP contribution in [0, 0.1) is 0 Å². The Hall–Kier alpha value is -1.66. The Kier molecular flexibility index (Phi) is 4.01. The molecule has 0 aliphatic carbocycles. The molecule has 1 aromatic rings. The monoisotopic (exact) mass is 265 g/mol. The number of ether oxygens (including phenoxy) is 2. The Morgan fingerprint density at radius 2 is 2.47 bits per heavy atom. The van der Waals surface area contributed by atoms with Crippen LogP contribution in [-0.4, -0.2) is 42.3 Å². The average Bonchev–Trinajstić information content (AvgIpc) is 2.35. The predicted octanol–water partition coefficient (Wildman–Crippen LogP) is 0.326. The van der Waals surface area contributed by atoms with E-state index in [2.05, 4.69) is 10.3 Å². The lowest BCUT2D eigenvalue weighted by atomic mass is 10.1. The van der Waals surface area contributed by atoms with Gasteiger partial charge in [-0.2, -0.15) is 0 Å². The number of aromatic nitrogens is 1. The van der Waals surface area contributed by atoms with Crippen LogP contribution >= 0.6 is 0 Å². The van der Waals surface area contributed by atoms with Crippen molar-refractivity contribution in [1.29, 1.82) is 0 Å². The summed E-state index contributed by atoms with van der Waals surface area (Å²) in [6, 6.07) is 3.08. The standard InChI is InChI=1S/C13H19N3O3/c1-13(2)8-15-6-10(19-13)7-18-11-5-9(12(14)17)3-4-16-11/h3-5,10,15H,6-8H2,1-2H3,(H2,14,17). The molecule has 2 heterocycles. The number of amides is 1. The van der Waals surface area contributed by atoms with Gasteiger partial charge in [0.25, 0.3) is 0 Å². The van der Waals surface area contributed by atoms with Gasteiger partial charge >= 0.3 is 0 Å². The number of hydrogen-bond acceptors (Lipinski definition) is 5. The van der Waals surface area contributed by atoms with Gasteiger partial charge in [-0.25, -0.2) is 4.98 Å². The molecule has 0 bridgehead atoms. The molecule has 1 fully saturated rings. The Bertz CT molecular complexity index is 462. The fourth-order valence-electron chi connectivity index (χ4n) is 1.98. The first-order valence-corrected chi connectivity index (χ1v) is 6.23. The van der Waals surface area contributed by atoms with Gasteiger partial charge in [0.05, 0.1) is 5.60 Å². The van der Waals surface area contributed by atoms with Gasteiger partial charge in [0, 0.05) is 30.9 Å². The first kappa shape index (κ1) is 13.8. The zero-order chi connectivity index (χ0) is 13.9. The van der Waals surface area contributed by atoms with Crippen LogP contribution in [0.25, 0.3) is 0 Å². The van der Waals surface area contributed by atoms with Crippen molar-refractivity contribution in [3.63, 3.8) is 0 Å². The molecular weight excluding hydrogens is 246 g/mol. The van der Waals surface area contributed by atoms with E-state index in [1.54, 1.807) is 6.07 Å². The molecule has 0 spiro atoms. The third kappa shape index (κ3) is 3.90. The Morgan fingerprint density at radius 3 is 3.16 bits per heavy atom. The molecule has 1 aromatic heterocycles. The zero-order valence-corrected chi connectivity index (χ0v) is 11.2. The number of nitrogens with zero attached hydrogens (tertiary/aromatic N) is 1. The van der Waals surface area contributed by atoms with E-state index >= 15 is 0 Å². The molecule has 1 saturated heterocycles. The molecule has 1 amide bonds. The van der Waals surface area contributed by atoms with E-state index in [0.29, 0.717) is 18.1 Å². The summed E-state index contributed by atoms with van der Waals surface area (Å²) >= 11 is 0. The van der Waals surface area contributed by atoms with E-state index in [0.717, 1.165) is 13.1 Å². The van der Waals surface area contributed by atoms with Crippen molar-refractivity contribution in [2.24, 2.45) is 5.73 Å². The number of pyridine rings is 1. The maximum atomic E-state index is 11.0. The predicted molar refractivity (Wildman–Crippen MR) is 70.1 cm³/mol. The maximum absolute atomic E-state index is 11.0. The van der Waals surface area contributed by atoms with Crippen molar-refractivity contribution < 1.29 is 14.3 Å². The van der Waals surface area contributed by atoms with Gasteiger partial charge in [-0.05, 0) is 19.9 Å². The first-order chi connectivity index (χ1) is 8.96. The second kappa shape index (κ2) is 5.54. The van der Waals surface area contributed by atoms with Gasteiger partial charge < -0.3 is 20.5 Å². The number of hydrogen-bond donors (Lipinski definition) is 2. The van der Waals surface area contributed by atoms with Crippen molar-refractivity contribution in [3.8, 4) is 5.88 Å². The molecule has 6 nitrogen and oxygen atoms in total. The maximum Gasteiger partial charge on any atom is 0.248 e. The number of rotatable bonds is 4. The Balaban J connectivity index is 1.91. The smallest absolute Gasteiger partial charge is 0.248 e. The summed E-state index contributed by atoms with van der Waals surface area (Å²) in [4.78, 5) is 15.1. The lowest BCUT2D eigenvalue weighted by molar-refractivity contribution is -0.107. The normalized spacial score (nSPS) is 21.9.